The van der Waals surface area contributed by atoms with E-state index in [4.69, 9.17) is 4.74 Å². The molecule has 4 heteroatoms. The van der Waals surface area contributed by atoms with Crippen LogP contribution in [0.2, 0.25) is 0 Å². The first-order chi connectivity index (χ1) is 8.36. The van der Waals surface area contributed by atoms with E-state index in [9.17, 15) is 4.79 Å². The molecule has 0 aromatic heterocycles. The zero-order valence-electron chi connectivity index (χ0n) is 9.37. The van der Waals surface area contributed by atoms with Crippen molar-refractivity contribution >= 4 is 6.09 Å². The molecule has 0 saturated carbocycles. The van der Waals surface area contributed by atoms with Crippen LogP contribution in [-0.4, -0.2) is 17.5 Å². The molecule has 1 amide bonds. The number of ether oxygens (including phenoxy) is 1. The molecule has 0 aliphatic carbocycles. The summed E-state index contributed by atoms with van der Waals surface area (Å²) in [4.78, 5) is 13.1. The summed E-state index contributed by atoms with van der Waals surface area (Å²) >= 11 is 0. The molecule has 2 rings (SSSR count). The van der Waals surface area contributed by atoms with Gasteiger partial charge >= 0.3 is 6.09 Å². The number of nitrogens with one attached hydrogen (secondary N) is 1. The topological polar surface area (TPSA) is 41.6 Å². The number of nitrogens with zero attached hydrogens (tertiary/aromatic N) is 1. The van der Waals surface area contributed by atoms with Crippen molar-refractivity contribution in [1.29, 1.82) is 0 Å². The maximum absolute atomic E-state index is 11.7. The number of benzene rings is 1. The Labute approximate surface area is 100 Å². The lowest BCUT2D eigenvalue weighted by molar-refractivity contribution is 0.121. The summed E-state index contributed by atoms with van der Waals surface area (Å²) in [6.07, 6.45) is 6.50. The van der Waals surface area contributed by atoms with Gasteiger partial charge in [0.05, 0.1) is 0 Å². The molecule has 4 nitrogen and oxygen atoms in total. The van der Waals surface area contributed by atoms with Crippen LogP contribution in [0.15, 0.2) is 55.0 Å². The van der Waals surface area contributed by atoms with Gasteiger partial charge in [-0.2, -0.15) is 0 Å². The second-order valence-electron chi connectivity index (χ2n) is 3.56. The largest absolute Gasteiger partial charge is 0.444 e. The van der Waals surface area contributed by atoms with Crippen molar-refractivity contribution in [3.05, 3.63) is 60.6 Å². The number of hydrogen-bond acceptors (Lipinski definition) is 3. The molecule has 0 bridgehead atoms. The van der Waals surface area contributed by atoms with Crippen molar-refractivity contribution in [2.75, 3.05) is 6.54 Å². The summed E-state index contributed by atoms with van der Waals surface area (Å²) in [6, 6.07) is 9.60. The summed E-state index contributed by atoms with van der Waals surface area (Å²) in [5.74, 6) is 0. The number of rotatable bonds is 2. The minimum absolute atomic E-state index is 0.283. The fourth-order valence-corrected chi connectivity index (χ4v) is 1.40. The lowest BCUT2D eigenvalue weighted by atomic mass is 10.2. The van der Waals surface area contributed by atoms with Gasteiger partial charge < -0.3 is 10.1 Å². The summed E-state index contributed by atoms with van der Waals surface area (Å²) in [6.45, 7) is 0.990. The molecule has 0 spiro atoms. The quantitative estimate of drug-likeness (QED) is 0.847. The van der Waals surface area contributed by atoms with Crippen LogP contribution in [0.3, 0.4) is 0 Å². The maximum Gasteiger partial charge on any atom is 0.418 e. The van der Waals surface area contributed by atoms with E-state index in [2.05, 4.69) is 5.32 Å². The van der Waals surface area contributed by atoms with Gasteiger partial charge in [0.15, 0.2) is 0 Å². The fourth-order valence-electron chi connectivity index (χ4n) is 1.40. The van der Waals surface area contributed by atoms with E-state index in [1.54, 1.807) is 18.6 Å². The lowest BCUT2D eigenvalue weighted by Crippen LogP contribution is -2.20. The Kier molecular flexibility index (Phi) is 3.81. The second-order valence-corrected chi connectivity index (χ2v) is 3.56. The standard InChI is InChI=1S/C13H14N2O2/c16-13(15-9-4-7-14-8-10-15)17-11-12-5-2-1-3-6-12/h1-6,8-10,14H,7,11H2. The smallest absolute Gasteiger partial charge is 0.418 e. The van der Waals surface area contributed by atoms with Gasteiger partial charge in [-0.3, -0.25) is 4.90 Å². The van der Waals surface area contributed by atoms with Crippen molar-refractivity contribution in [2.24, 2.45) is 0 Å². The van der Waals surface area contributed by atoms with Crippen LogP contribution in [0.4, 0.5) is 4.79 Å². The number of carbonyl (C=O) groups excluding carboxylic acids is 1. The zero-order chi connectivity index (χ0) is 11.9. The van der Waals surface area contributed by atoms with Gasteiger partial charge in [0.25, 0.3) is 0 Å². The first-order valence-corrected chi connectivity index (χ1v) is 5.42. The third-order valence-electron chi connectivity index (χ3n) is 2.27. The average molecular weight is 230 g/mol. The van der Waals surface area contributed by atoms with Crippen LogP contribution in [0, 0.1) is 0 Å². The van der Waals surface area contributed by atoms with Crippen molar-refractivity contribution in [3.63, 3.8) is 0 Å². The first-order valence-electron chi connectivity index (χ1n) is 5.42. The molecule has 0 radical (unpaired) electrons. The Balaban J connectivity index is 1.89. The van der Waals surface area contributed by atoms with E-state index in [0.717, 1.165) is 5.56 Å². The van der Waals surface area contributed by atoms with E-state index in [-0.39, 0.29) is 12.7 Å². The van der Waals surface area contributed by atoms with Gasteiger partial charge in [0.2, 0.25) is 0 Å². The first kappa shape index (κ1) is 11.3. The molecule has 0 atom stereocenters. The van der Waals surface area contributed by atoms with Gasteiger partial charge in [-0.25, -0.2) is 4.79 Å². The summed E-state index contributed by atoms with van der Waals surface area (Å²) in [5.41, 5.74) is 0.974. The molecule has 88 valence electrons. The molecule has 0 fully saturated rings. The number of amides is 1. The van der Waals surface area contributed by atoms with Gasteiger partial charge in [-0.05, 0) is 11.6 Å². The van der Waals surface area contributed by atoms with E-state index >= 15 is 0 Å². The van der Waals surface area contributed by atoms with Crippen LogP contribution in [0.5, 0.6) is 0 Å². The van der Waals surface area contributed by atoms with E-state index in [1.807, 2.05) is 36.4 Å². The fraction of sp³-hybridized carbons (Fsp3) is 0.154. The van der Waals surface area contributed by atoms with Crippen molar-refractivity contribution in [1.82, 2.24) is 10.2 Å². The lowest BCUT2D eigenvalue weighted by Gasteiger charge is -2.12. The predicted molar refractivity (Wildman–Crippen MR) is 64.7 cm³/mol. The minimum atomic E-state index is -0.384. The van der Waals surface area contributed by atoms with Crippen molar-refractivity contribution < 1.29 is 9.53 Å². The van der Waals surface area contributed by atoms with E-state index in [0.29, 0.717) is 6.54 Å². The Hall–Kier alpha value is -2.23. The maximum atomic E-state index is 11.7. The molecule has 1 N–H and O–H groups in total. The molecule has 1 aliphatic rings. The molecule has 1 aromatic carbocycles. The Morgan fingerprint density at radius 1 is 1.29 bits per heavy atom. The summed E-state index contributed by atoms with van der Waals surface area (Å²) < 4.78 is 5.18. The summed E-state index contributed by atoms with van der Waals surface area (Å²) in [7, 11) is 0. The molecule has 0 unspecified atom stereocenters. The summed E-state index contributed by atoms with van der Waals surface area (Å²) in [5, 5.41) is 2.99. The van der Waals surface area contributed by atoms with Crippen LogP contribution >= 0.6 is 0 Å². The van der Waals surface area contributed by atoms with E-state index in [1.165, 1.54) is 4.90 Å². The van der Waals surface area contributed by atoms with Crippen LogP contribution in [-0.2, 0) is 11.3 Å². The Bertz CT molecular complexity index is 412. The normalized spacial score (nSPS) is 14.0. The van der Waals surface area contributed by atoms with E-state index < -0.39 is 0 Å². The SMILES string of the molecule is O=C(OCc1ccccc1)N1C=CCNC=C1. The molecule has 1 heterocycles. The third-order valence-corrected chi connectivity index (χ3v) is 2.27. The van der Waals surface area contributed by atoms with Crippen LogP contribution in [0.25, 0.3) is 0 Å². The highest BCUT2D eigenvalue weighted by Gasteiger charge is 2.09. The van der Waals surface area contributed by atoms with Gasteiger partial charge in [-0.1, -0.05) is 30.3 Å². The highest BCUT2D eigenvalue weighted by atomic mass is 16.6. The number of hydrogen-bond donors (Lipinski definition) is 1. The Morgan fingerprint density at radius 2 is 2.12 bits per heavy atom. The highest BCUT2D eigenvalue weighted by Crippen LogP contribution is 2.04. The molecule has 1 aliphatic heterocycles. The molecule has 0 saturated heterocycles. The van der Waals surface area contributed by atoms with Gasteiger partial charge in [0, 0.05) is 25.1 Å². The molecule has 17 heavy (non-hydrogen) atoms. The molecule has 1 aromatic rings. The Morgan fingerprint density at radius 3 is 2.94 bits per heavy atom. The minimum Gasteiger partial charge on any atom is -0.444 e. The van der Waals surface area contributed by atoms with Crippen molar-refractivity contribution in [2.45, 2.75) is 6.61 Å². The van der Waals surface area contributed by atoms with Crippen molar-refractivity contribution in [3.8, 4) is 0 Å². The third kappa shape index (κ3) is 3.38. The predicted octanol–water partition coefficient (Wildman–Crippen LogP) is 2.21. The average Bonchev–Trinajstić information content (AvgIpc) is 2.66. The monoisotopic (exact) mass is 230 g/mol. The zero-order valence-corrected chi connectivity index (χ0v) is 9.37. The highest BCUT2D eigenvalue weighted by molar-refractivity contribution is 5.70. The molecular weight excluding hydrogens is 216 g/mol. The van der Waals surface area contributed by atoms with Gasteiger partial charge in [-0.15, -0.1) is 0 Å². The molecular formula is C13H14N2O2. The second kappa shape index (κ2) is 5.75. The van der Waals surface area contributed by atoms with Gasteiger partial charge in [0.1, 0.15) is 6.61 Å². The van der Waals surface area contributed by atoms with Crippen LogP contribution < -0.4 is 5.32 Å². The number of carbonyl (C=O) groups is 1. The van der Waals surface area contributed by atoms with Crippen LogP contribution in [0.1, 0.15) is 5.56 Å².